The lowest BCUT2D eigenvalue weighted by Gasteiger charge is -2.28. The fourth-order valence-electron chi connectivity index (χ4n) is 2.75. The molecule has 0 aromatic heterocycles. The predicted octanol–water partition coefficient (Wildman–Crippen LogP) is 4.85. The summed E-state index contributed by atoms with van der Waals surface area (Å²) in [6, 6.07) is 0. The maximum Gasteiger partial charge on any atom is 0.0763 e. The van der Waals surface area contributed by atoms with E-state index in [0.717, 1.165) is 23.2 Å². The Hall–Kier alpha value is -0.630. The summed E-state index contributed by atoms with van der Waals surface area (Å²) >= 11 is 5.12. The SMILES string of the molecule is CCC(C)C(C)C1CCC(NC(C)=S)=CC=C1C. The van der Waals surface area contributed by atoms with Gasteiger partial charge in [0.25, 0.3) is 0 Å². The Morgan fingerprint density at radius 3 is 2.67 bits per heavy atom. The normalized spacial score (nSPS) is 23.5. The fraction of sp³-hybridized carbons (Fsp3) is 0.688. The van der Waals surface area contributed by atoms with E-state index in [4.69, 9.17) is 12.2 Å². The lowest BCUT2D eigenvalue weighted by atomic mass is 9.77. The van der Waals surface area contributed by atoms with Crippen LogP contribution in [0.4, 0.5) is 0 Å². The van der Waals surface area contributed by atoms with Crippen LogP contribution in [0.3, 0.4) is 0 Å². The Morgan fingerprint density at radius 2 is 2.11 bits per heavy atom. The first-order valence-corrected chi connectivity index (χ1v) is 7.51. The van der Waals surface area contributed by atoms with Crippen LogP contribution in [0.25, 0.3) is 0 Å². The zero-order valence-corrected chi connectivity index (χ0v) is 13.2. The molecule has 0 heterocycles. The summed E-state index contributed by atoms with van der Waals surface area (Å²) < 4.78 is 0. The van der Waals surface area contributed by atoms with Crippen LogP contribution < -0.4 is 5.32 Å². The third kappa shape index (κ3) is 4.24. The van der Waals surface area contributed by atoms with Gasteiger partial charge in [-0.2, -0.15) is 0 Å². The van der Waals surface area contributed by atoms with Gasteiger partial charge in [-0.05, 0) is 50.5 Å². The minimum Gasteiger partial charge on any atom is -0.354 e. The van der Waals surface area contributed by atoms with E-state index in [1.807, 2.05) is 6.92 Å². The van der Waals surface area contributed by atoms with Gasteiger partial charge in [-0.1, -0.05) is 51.1 Å². The highest BCUT2D eigenvalue weighted by molar-refractivity contribution is 7.80. The number of thiocarbonyl (C=S) groups is 1. The van der Waals surface area contributed by atoms with E-state index < -0.39 is 0 Å². The summed E-state index contributed by atoms with van der Waals surface area (Å²) in [6.45, 7) is 11.3. The Labute approximate surface area is 118 Å². The standard InChI is InChI=1S/C16H27NS/c1-6-11(2)13(4)16-10-9-15(17-14(5)18)8-7-12(16)3/h7-8,11,13,16H,6,9-10H2,1-5H3,(H,17,18). The van der Waals surface area contributed by atoms with Crippen molar-refractivity contribution in [1.82, 2.24) is 5.32 Å². The van der Waals surface area contributed by atoms with Crippen LogP contribution in [0.5, 0.6) is 0 Å². The van der Waals surface area contributed by atoms with E-state index >= 15 is 0 Å². The molecule has 3 atom stereocenters. The number of allylic oxidation sites excluding steroid dienone is 4. The van der Waals surface area contributed by atoms with Gasteiger partial charge in [-0.3, -0.25) is 0 Å². The molecular formula is C16H27NS. The van der Waals surface area contributed by atoms with Gasteiger partial charge >= 0.3 is 0 Å². The maximum absolute atomic E-state index is 5.12. The molecule has 1 N–H and O–H groups in total. The van der Waals surface area contributed by atoms with Crippen molar-refractivity contribution in [2.75, 3.05) is 0 Å². The van der Waals surface area contributed by atoms with Crippen LogP contribution in [0, 0.1) is 17.8 Å². The van der Waals surface area contributed by atoms with Gasteiger partial charge in [0.15, 0.2) is 0 Å². The van der Waals surface area contributed by atoms with Crippen molar-refractivity contribution in [3.05, 3.63) is 23.4 Å². The maximum atomic E-state index is 5.12. The zero-order chi connectivity index (χ0) is 13.7. The van der Waals surface area contributed by atoms with Crippen molar-refractivity contribution in [1.29, 1.82) is 0 Å². The molecule has 0 aromatic rings. The molecule has 1 aliphatic carbocycles. The van der Waals surface area contributed by atoms with Gasteiger partial charge in [-0.15, -0.1) is 0 Å². The zero-order valence-electron chi connectivity index (χ0n) is 12.4. The number of hydrogen-bond donors (Lipinski definition) is 1. The summed E-state index contributed by atoms with van der Waals surface area (Å²) in [7, 11) is 0. The number of rotatable bonds is 4. The van der Waals surface area contributed by atoms with Crippen LogP contribution >= 0.6 is 12.2 Å². The molecule has 1 aliphatic rings. The van der Waals surface area contributed by atoms with Crippen molar-refractivity contribution in [2.45, 2.75) is 53.9 Å². The van der Waals surface area contributed by atoms with Gasteiger partial charge in [-0.25, -0.2) is 0 Å². The summed E-state index contributed by atoms with van der Waals surface area (Å²) in [5.74, 6) is 2.26. The molecule has 0 saturated carbocycles. The van der Waals surface area contributed by atoms with Crippen LogP contribution in [0.15, 0.2) is 23.4 Å². The highest BCUT2D eigenvalue weighted by Crippen LogP contribution is 2.34. The van der Waals surface area contributed by atoms with Gasteiger partial charge in [0.2, 0.25) is 0 Å². The van der Waals surface area contributed by atoms with Crippen molar-refractivity contribution in [3.63, 3.8) is 0 Å². The molecule has 0 amide bonds. The fourth-order valence-corrected chi connectivity index (χ4v) is 2.88. The molecular weight excluding hydrogens is 238 g/mol. The first-order chi connectivity index (χ1) is 8.45. The third-order valence-corrected chi connectivity index (χ3v) is 4.47. The average molecular weight is 265 g/mol. The Bertz CT molecular complexity index is 354. The number of hydrogen-bond acceptors (Lipinski definition) is 1. The number of nitrogens with one attached hydrogen (secondary N) is 1. The Balaban J connectivity index is 2.72. The molecule has 0 fully saturated rings. The molecule has 0 aromatic carbocycles. The molecule has 0 aliphatic heterocycles. The predicted molar refractivity (Wildman–Crippen MR) is 84.6 cm³/mol. The molecule has 0 spiro atoms. The summed E-state index contributed by atoms with van der Waals surface area (Å²) in [5.41, 5.74) is 2.78. The van der Waals surface area contributed by atoms with E-state index in [0.29, 0.717) is 5.92 Å². The van der Waals surface area contributed by atoms with Gasteiger partial charge in [0, 0.05) is 5.70 Å². The van der Waals surface area contributed by atoms with Crippen LogP contribution in [-0.2, 0) is 0 Å². The highest BCUT2D eigenvalue weighted by atomic mass is 32.1. The molecule has 1 nitrogen and oxygen atoms in total. The van der Waals surface area contributed by atoms with E-state index in [1.165, 1.54) is 24.1 Å². The van der Waals surface area contributed by atoms with E-state index in [2.05, 4.69) is 45.2 Å². The van der Waals surface area contributed by atoms with E-state index in [-0.39, 0.29) is 0 Å². The molecule has 18 heavy (non-hydrogen) atoms. The molecule has 2 heteroatoms. The summed E-state index contributed by atoms with van der Waals surface area (Å²) in [4.78, 5) is 0.862. The molecule has 3 unspecified atom stereocenters. The van der Waals surface area contributed by atoms with Crippen LogP contribution in [0.1, 0.15) is 53.9 Å². The quantitative estimate of drug-likeness (QED) is 0.730. The van der Waals surface area contributed by atoms with Gasteiger partial charge in [0.05, 0.1) is 4.99 Å². The largest absolute Gasteiger partial charge is 0.354 e. The van der Waals surface area contributed by atoms with Crippen LogP contribution in [0.2, 0.25) is 0 Å². The molecule has 0 saturated heterocycles. The van der Waals surface area contributed by atoms with Crippen LogP contribution in [-0.4, -0.2) is 4.99 Å². The third-order valence-electron chi connectivity index (χ3n) is 4.37. The van der Waals surface area contributed by atoms with Crippen molar-refractivity contribution >= 4 is 17.2 Å². The minimum absolute atomic E-state index is 0.709. The smallest absolute Gasteiger partial charge is 0.0763 e. The van der Waals surface area contributed by atoms with Crippen molar-refractivity contribution in [2.24, 2.45) is 17.8 Å². The highest BCUT2D eigenvalue weighted by Gasteiger charge is 2.24. The molecule has 102 valence electrons. The average Bonchev–Trinajstić information content (AvgIpc) is 2.50. The second kappa shape index (κ2) is 7.08. The first kappa shape index (κ1) is 15.4. The second-order valence-electron chi connectivity index (χ2n) is 5.67. The first-order valence-electron chi connectivity index (χ1n) is 7.10. The topological polar surface area (TPSA) is 12.0 Å². The Kier molecular flexibility index (Phi) is 6.07. The van der Waals surface area contributed by atoms with Crippen molar-refractivity contribution < 1.29 is 0 Å². The van der Waals surface area contributed by atoms with E-state index in [9.17, 15) is 0 Å². The monoisotopic (exact) mass is 265 g/mol. The summed E-state index contributed by atoms with van der Waals surface area (Å²) in [6.07, 6.45) is 8.08. The second-order valence-corrected chi connectivity index (χ2v) is 6.29. The van der Waals surface area contributed by atoms with E-state index in [1.54, 1.807) is 0 Å². The molecule has 0 radical (unpaired) electrons. The van der Waals surface area contributed by atoms with Crippen molar-refractivity contribution in [3.8, 4) is 0 Å². The van der Waals surface area contributed by atoms with Gasteiger partial charge in [0.1, 0.15) is 0 Å². The molecule has 0 bridgehead atoms. The van der Waals surface area contributed by atoms with Gasteiger partial charge < -0.3 is 5.32 Å². The molecule has 1 rings (SSSR count). The Morgan fingerprint density at radius 1 is 1.44 bits per heavy atom. The minimum atomic E-state index is 0.709. The summed E-state index contributed by atoms with van der Waals surface area (Å²) in [5, 5.41) is 3.29. The lowest BCUT2D eigenvalue weighted by Crippen LogP contribution is -2.21. The lowest BCUT2D eigenvalue weighted by molar-refractivity contribution is 0.275.